The molecule has 2 nitrogen and oxygen atoms in total. The fourth-order valence-corrected chi connectivity index (χ4v) is 4.65. The number of hydrogen-bond donors (Lipinski definition) is 1. The monoisotopic (exact) mass is 359 g/mol. The summed E-state index contributed by atoms with van der Waals surface area (Å²) >= 11 is 5.45. The molecule has 2 unspecified atom stereocenters. The van der Waals surface area contributed by atoms with Crippen molar-refractivity contribution in [3.8, 4) is 0 Å². The number of ether oxygens (including phenoxy) is 1. The molecule has 0 aromatic carbocycles. The van der Waals surface area contributed by atoms with Gasteiger partial charge in [0.05, 0.1) is 9.89 Å². The first-order valence-electron chi connectivity index (χ1n) is 7.81. The van der Waals surface area contributed by atoms with Gasteiger partial charge in [0.15, 0.2) is 0 Å². The molecule has 0 amide bonds. The van der Waals surface area contributed by atoms with Crippen molar-refractivity contribution in [3.63, 3.8) is 0 Å². The number of thiophene rings is 1. The van der Waals surface area contributed by atoms with Crippen LogP contribution in [0, 0.1) is 6.92 Å². The van der Waals surface area contributed by atoms with Gasteiger partial charge in [-0.3, -0.25) is 0 Å². The third-order valence-corrected chi connectivity index (χ3v) is 5.56. The first kappa shape index (κ1) is 16.5. The van der Waals surface area contributed by atoms with Crippen molar-refractivity contribution in [2.45, 2.75) is 64.5 Å². The van der Waals surface area contributed by atoms with Crippen molar-refractivity contribution in [3.05, 3.63) is 20.3 Å². The van der Waals surface area contributed by atoms with Gasteiger partial charge in [-0.1, -0.05) is 6.92 Å². The highest BCUT2D eigenvalue weighted by molar-refractivity contribution is 9.11. The van der Waals surface area contributed by atoms with Crippen LogP contribution >= 0.6 is 27.3 Å². The average Bonchev–Trinajstić information content (AvgIpc) is 2.79. The Morgan fingerprint density at radius 2 is 2.35 bits per heavy atom. The Kier molecular flexibility index (Phi) is 7.02. The van der Waals surface area contributed by atoms with E-state index in [4.69, 9.17) is 4.74 Å². The van der Waals surface area contributed by atoms with Crippen LogP contribution in [0.15, 0.2) is 9.85 Å². The molecule has 1 aliphatic rings. The van der Waals surface area contributed by atoms with Gasteiger partial charge in [-0.25, -0.2) is 0 Å². The Bertz CT molecular complexity index is 401. The SMILES string of the molecule is CCCNC(CCC1CCCCO1)c1cc(Br)sc1C. The summed E-state index contributed by atoms with van der Waals surface area (Å²) in [5, 5.41) is 3.71. The Labute approximate surface area is 135 Å². The number of hydrogen-bond acceptors (Lipinski definition) is 3. The van der Waals surface area contributed by atoms with Crippen molar-refractivity contribution in [2.75, 3.05) is 13.2 Å². The van der Waals surface area contributed by atoms with Gasteiger partial charge in [0.1, 0.15) is 0 Å². The van der Waals surface area contributed by atoms with E-state index in [2.05, 4.69) is 41.2 Å². The summed E-state index contributed by atoms with van der Waals surface area (Å²) in [6.45, 7) is 6.50. The number of halogens is 1. The van der Waals surface area contributed by atoms with E-state index in [-0.39, 0.29) is 0 Å². The predicted octanol–water partition coefficient (Wildman–Crippen LogP) is 5.21. The van der Waals surface area contributed by atoms with Gasteiger partial charge in [-0.2, -0.15) is 0 Å². The van der Waals surface area contributed by atoms with E-state index in [1.807, 2.05) is 11.3 Å². The molecule has 0 bridgehead atoms. The van der Waals surface area contributed by atoms with E-state index in [0.29, 0.717) is 12.1 Å². The maximum atomic E-state index is 5.87. The van der Waals surface area contributed by atoms with Gasteiger partial charge in [-0.05, 0) is 79.6 Å². The molecular formula is C16H26BrNOS. The summed E-state index contributed by atoms with van der Waals surface area (Å²) in [5.41, 5.74) is 1.46. The lowest BCUT2D eigenvalue weighted by atomic mass is 9.97. The van der Waals surface area contributed by atoms with Gasteiger partial charge in [0.2, 0.25) is 0 Å². The van der Waals surface area contributed by atoms with Gasteiger partial charge in [0.25, 0.3) is 0 Å². The van der Waals surface area contributed by atoms with Crippen LogP contribution in [-0.4, -0.2) is 19.3 Å². The van der Waals surface area contributed by atoms with Crippen molar-refractivity contribution in [1.82, 2.24) is 5.32 Å². The molecule has 0 spiro atoms. The van der Waals surface area contributed by atoms with Crippen molar-refractivity contribution in [1.29, 1.82) is 0 Å². The summed E-state index contributed by atoms with van der Waals surface area (Å²) in [6, 6.07) is 2.76. The van der Waals surface area contributed by atoms with Gasteiger partial charge in [0, 0.05) is 17.5 Å². The third kappa shape index (κ3) is 4.83. The summed E-state index contributed by atoms with van der Waals surface area (Å²) in [5.74, 6) is 0. The second-order valence-electron chi connectivity index (χ2n) is 5.63. The van der Waals surface area contributed by atoms with Crippen LogP contribution in [0.1, 0.15) is 61.9 Å². The molecule has 0 radical (unpaired) electrons. The second-order valence-corrected chi connectivity index (χ2v) is 8.27. The minimum Gasteiger partial charge on any atom is -0.378 e. The topological polar surface area (TPSA) is 21.3 Å². The zero-order valence-corrected chi connectivity index (χ0v) is 15.0. The lowest BCUT2D eigenvalue weighted by Gasteiger charge is -2.25. The lowest BCUT2D eigenvalue weighted by Crippen LogP contribution is -2.25. The zero-order chi connectivity index (χ0) is 14.4. The second kappa shape index (κ2) is 8.52. The van der Waals surface area contributed by atoms with Crippen LogP contribution in [0.2, 0.25) is 0 Å². The first-order chi connectivity index (χ1) is 9.70. The molecule has 1 fully saturated rings. The van der Waals surface area contributed by atoms with Crippen LogP contribution < -0.4 is 5.32 Å². The fourth-order valence-electron chi connectivity index (χ4n) is 2.88. The highest BCUT2D eigenvalue weighted by Crippen LogP contribution is 2.33. The molecule has 114 valence electrons. The molecule has 0 saturated carbocycles. The molecule has 1 saturated heterocycles. The van der Waals surface area contributed by atoms with Crippen molar-refractivity contribution in [2.24, 2.45) is 0 Å². The first-order valence-corrected chi connectivity index (χ1v) is 9.42. The third-order valence-electron chi connectivity index (χ3n) is 3.99. The minimum atomic E-state index is 0.475. The van der Waals surface area contributed by atoms with Crippen molar-refractivity contribution >= 4 is 27.3 Å². The Balaban J connectivity index is 1.94. The zero-order valence-electron chi connectivity index (χ0n) is 12.6. The molecule has 2 heterocycles. The summed E-state index contributed by atoms with van der Waals surface area (Å²) in [4.78, 5) is 1.43. The number of rotatable bonds is 7. The molecule has 1 N–H and O–H groups in total. The Hall–Kier alpha value is 0.1000. The Morgan fingerprint density at radius 3 is 2.95 bits per heavy atom. The molecule has 2 rings (SSSR count). The number of nitrogens with one attached hydrogen (secondary N) is 1. The van der Waals surface area contributed by atoms with Crippen LogP contribution in [0.25, 0.3) is 0 Å². The van der Waals surface area contributed by atoms with E-state index in [1.54, 1.807) is 0 Å². The molecule has 1 aromatic rings. The van der Waals surface area contributed by atoms with Crippen LogP contribution in [-0.2, 0) is 4.74 Å². The highest BCUT2D eigenvalue weighted by Gasteiger charge is 2.19. The summed E-state index contributed by atoms with van der Waals surface area (Å²) in [6.07, 6.45) is 7.83. The summed E-state index contributed by atoms with van der Waals surface area (Å²) < 4.78 is 7.11. The van der Waals surface area contributed by atoms with E-state index in [1.165, 1.54) is 52.8 Å². The molecule has 1 aromatic heterocycles. The lowest BCUT2D eigenvalue weighted by molar-refractivity contribution is 0.00854. The highest BCUT2D eigenvalue weighted by atomic mass is 79.9. The largest absolute Gasteiger partial charge is 0.378 e. The predicted molar refractivity (Wildman–Crippen MR) is 90.6 cm³/mol. The van der Waals surface area contributed by atoms with Gasteiger partial charge in [-0.15, -0.1) is 11.3 Å². The van der Waals surface area contributed by atoms with Gasteiger partial charge < -0.3 is 10.1 Å². The van der Waals surface area contributed by atoms with E-state index in [9.17, 15) is 0 Å². The van der Waals surface area contributed by atoms with Crippen LogP contribution in [0.4, 0.5) is 0 Å². The average molecular weight is 360 g/mol. The number of aryl methyl sites for hydroxylation is 1. The molecule has 1 aliphatic heterocycles. The fraction of sp³-hybridized carbons (Fsp3) is 0.750. The van der Waals surface area contributed by atoms with E-state index in [0.717, 1.165) is 13.2 Å². The Morgan fingerprint density at radius 1 is 1.50 bits per heavy atom. The van der Waals surface area contributed by atoms with Crippen LogP contribution in [0.3, 0.4) is 0 Å². The molecule has 20 heavy (non-hydrogen) atoms. The molecule has 0 aliphatic carbocycles. The minimum absolute atomic E-state index is 0.475. The maximum Gasteiger partial charge on any atom is 0.0704 e. The van der Waals surface area contributed by atoms with Crippen LogP contribution in [0.5, 0.6) is 0 Å². The molecule has 4 heteroatoms. The smallest absolute Gasteiger partial charge is 0.0704 e. The van der Waals surface area contributed by atoms with Crippen molar-refractivity contribution < 1.29 is 4.74 Å². The standard InChI is InChI=1S/C16H26BrNOS/c1-3-9-18-15(14-11-16(17)20-12(14)2)8-7-13-6-4-5-10-19-13/h11,13,15,18H,3-10H2,1-2H3. The molecular weight excluding hydrogens is 334 g/mol. The normalized spacial score (nSPS) is 21.1. The van der Waals surface area contributed by atoms with Gasteiger partial charge >= 0.3 is 0 Å². The van der Waals surface area contributed by atoms with E-state index < -0.39 is 0 Å². The quantitative estimate of drug-likeness (QED) is 0.721. The van der Waals surface area contributed by atoms with E-state index >= 15 is 0 Å². The maximum absolute atomic E-state index is 5.87. The summed E-state index contributed by atoms with van der Waals surface area (Å²) in [7, 11) is 0. The molecule has 2 atom stereocenters.